The third-order valence-electron chi connectivity index (χ3n) is 3.16. The zero-order valence-electron chi connectivity index (χ0n) is 11.5. The molecule has 0 saturated heterocycles. The summed E-state index contributed by atoms with van der Waals surface area (Å²) in [4.78, 5) is 13.7. The van der Waals surface area contributed by atoms with Gasteiger partial charge in [-0.3, -0.25) is 0 Å². The zero-order chi connectivity index (χ0) is 13.9. The van der Waals surface area contributed by atoms with E-state index in [0.717, 1.165) is 29.0 Å². The Balaban J connectivity index is 1.86. The average Bonchev–Trinajstić information content (AvgIpc) is 3.14. The van der Waals surface area contributed by atoms with Crippen LogP contribution in [0, 0.1) is 0 Å². The van der Waals surface area contributed by atoms with Gasteiger partial charge in [0.05, 0.1) is 5.39 Å². The largest absolute Gasteiger partial charge is 0.359 e. The van der Waals surface area contributed by atoms with E-state index in [-0.39, 0.29) is 0 Å². The van der Waals surface area contributed by atoms with Crippen LogP contribution in [0.1, 0.15) is 4.88 Å². The SMILES string of the molecule is CNc1nc(N(C)CCc2cccs2)c2ccsc2n1. The van der Waals surface area contributed by atoms with Crippen molar-refractivity contribution in [2.45, 2.75) is 6.42 Å². The van der Waals surface area contributed by atoms with Gasteiger partial charge >= 0.3 is 0 Å². The lowest BCUT2D eigenvalue weighted by atomic mass is 10.3. The molecule has 0 atom stereocenters. The fraction of sp³-hybridized carbons (Fsp3) is 0.286. The number of fused-ring (bicyclic) bond motifs is 1. The first kappa shape index (κ1) is 13.3. The Labute approximate surface area is 126 Å². The van der Waals surface area contributed by atoms with E-state index < -0.39 is 0 Å². The molecular formula is C14H16N4S2. The molecular weight excluding hydrogens is 288 g/mol. The number of anilines is 2. The fourth-order valence-corrected chi connectivity index (χ4v) is 3.54. The molecule has 0 aromatic carbocycles. The number of aromatic nitrogens is 2. The Morgan fingerprint density at radius 2 is 2.10 bits per heavy atom. The van der Waals surface area contributed by atoms with Gasteiger partial charge in [0.2, 0.25) is 5.95 Å². The molecule has 0 fully saturated rings. The highest BCUT2D eigenvalue weighted by Crippen LogP contribution is 2.28. The first-order valence-electron chi connectivity index (χ1n) is 6.44. The van der Waals surface area contributed by atoms with Gasteiger partial charge in [0, 0.05) is 25.5 Å². The molecule has 104 valence electrons. The van der Waals surface area contributed by atoms with Gasteiger partial charge in [-0.05, 0) is 29.3 Å². The molecule has 0 saturated carbocycles. The van der Waals surface area contributed by atoms with Crippen molar-refractivity contribution in [3.63, 3.8) is 0 Å². The summed E-state index contributed by atoms with van der Waals surface area (Å²) in [5.41, 5.74) is 0. The maximum absolute atomic E-state index is 4.61. The molecule has 0 radical (unpaired) electrons. The highest BCUT2D eigenvalue weighted by molar-refractivity contribution is 7.16. The Morgan fingerprint density at radius 3 is 2.85 bits per heavy atom. The van der Waals surface area contributed by atoms with E-state index in [1.165, 1.54) is 4.88 Å². The van der Waals surface area contributed by atoms with Crippen LogP contribution in [-0.2, 0) is 6.42 Å². The average molecular weight is 304 g/mol. The van der Waals surface area contributed by atoms with E-state index in [4.69, 9.17) is 0 Å². The lowest BCUT2D eigenvalue weighted by Crippen LogP contribution is -2.21. The van der Waals surface area contributed by atoms with Gasteiger partial charge in [-0.25, -0.2) is 4.98 Å². The number of nitrogens with one attached hydrogen (secondary N) is 1. The summed E-state index contributed by atoms with van der Waals surface area (Å²) in [7, 11) is 3.94. The van der Waals surface area contributed by atoms with Crippen molar-refractivity contribution in [1.29, 1.82) is 0 Å². The molecule has 3 heterocycles. The van der Waals surface area contributed by atoms with Crippen molar-refractivity contribution < 1.29 is 0 Å². The Hall–Kier alpha value is -1.66. The lowest BCUT2D eigenvalue weighted by Gasteiger charge is -2.19. The van der Waals surface area contributed by atoms with E-state index in [0.29, 0.717) is 5.95 Å². The van der Waals surface area contributed by atoms with E-state index in [9.17, 15) is 0 Å². The molecule has 0 bridgehead atoms. The van der Waals surface area contributed by atoms with Gasteiger partial charge in [0.25, 0.3) is 0 Å². The number of likely N-dealkylation sites (N-methyl/N-ethyl adjacent to an activating group) is 1. The van der Waals surface area contributed by atoms with Crippen molar-refractivity contribution in [1.82, 2.24) is 9.97 Å². The van der Waals surface area contributed by atoms with Gasteiger partial charge in [0.15, 0.2) is 0 Å². The monoisotopic (exact) mass is 304 g/mol. The van der Waals surface area contributed by atoms with Crippen LogP contribution in [0.15, 0.2) is 29.0 Å². The third-order valence-corrected chi connectivity index (χ3v) is 4.91. The standard InChI is InChI=1S/C14H16N4S2/c1-15-14-16-12(11-6-9-20-13(11)17-14)18(2)7-5-10-4-3-8-19-10/h3-4,6,8-9H,5,7H2,1-2H3,(H,15,16,17). The third kappa shape index (κ3) is 2.62. The highest BCUT2D eigenvalue weighted by atomic mass is 32.1. The molecule has 0 aliphatic rings. The summed E-state index contributed by atoms with van der Waals surface area (Å²) >= 11 is 3.45. The molecule has 0 aliphatic heterocycles. The zero-order valence-corrected chi connectivity index (χ0v) is 13.1. The molecule has 0 spiro atoms. The minimum atomic E-state index is 0.679. The molecule has 3 aromatic heterocycles. The predicted octanol–water partition coefficient (Wildman–Crippen LogP) is 3.47. The molecule has 0 aliphatic carbocycles. The normalized spacial score (nSPS) is 10.9. The van der Waals surface area contributed by atoms with Crippen molar-refractivity contribution in [2.75, 3.05) is 30.9 Å². The van der Waals surface area contributed by atoms with Crippen LogP contribution in [0.2, 0.25) is 0 Å². The van der Waals surface area contributed by atoms with Crippen LogP contribution in [0.3, 0.4) is 0 Å². The van der Waals surface area contributed by atoms with Crippen LogP contribution in [0.4, 0.5) is 11.8 Å². The van der Waals surface area contributed by atoms with Gasteiger partial charge in [-0.2, -0.15) is 4.98 Å². The first-order chi connectivity index (χ1) is 9.78. The fourth-order valence-electron chi connectivity index (χ4n) is 2.08. The van der Waals surface area contributed by atoms with Gasteiger partial charge < -0.3 is 10.2 Å². The van der Waals surface area contributed by atoms with Crippen LogP contribution in [0.5, 0.6) is 0 Å². The molecule has 1 N–H and O–H groups in total. The van der Waals surface area contributed by atoms with E-state index >= 15 is 0 Å². The predicted molar refractivity (Wildman–Crippen MR) is 88.3 cm³/mol. The Morgan fingerprint density at radius 1 is 1.20 bits per heavy atom. The van der Waals surface area contributed by atoms with E-state index in [1.807, 2.05) is 7.05 Å². The summed E-state index contributed by atoms with van der Waals surface area (Å²) in [6.45, 7) is 0.950. The van der Waals surface area contributed by atoms with Gasteiger partial charge in [-0.15, -0.1) is 22.7 Å². The van der Waals surface area contributed by atoms with Crippen LogP contribution < -0.4 is 10.2 Å². The van der Waals surface area contributed by atoms with Crippen molar-refractivity contribution in [2.24, 2.45) is 0 Å². The first-order valence-corrected chi connectivity index (χ1v) is 8.20. The molecule has 6 heteroatoms. The van der Waals surface area contributed by atoms with Crippen molar-refractivity contribution >= 4 is 44.7 Å². The summed E-state index contributed by atoms with van der Waals surface area (Å²) in [5.74, 6) is 1.68. The lowest BCUT2D eigenvalue weighted by molar-refractivity contribution is 0.872. The smallest absolute Gasteiger partial charge is 0.225 e. The summed E-state index contributed by atoms with van der Waals surface area (Å²) in [5, 5.41) is 8.35. The number of thiophene rings is 2. The minimum Gasteiger partial charge on any atom is -0.359 e. The number of hydrogen-bond donors (Lipinski definition) is 1. The van der Waals surface area contributed by atoms with Crippen LogP contribution in [-0.4, -0.2) is 30.6 Å². The summed E-state index contributed by atoms with van der Waals surface area (Å²) in [6.07, 6.45) is 1.04. The topological polar surface area (TPSA) is 41.1 Å². The number of hydrogen-bond acceptors (Lipinski definition) is 6. The van der Waals surface area contributed by atoms with E-state index in [2.05, 4.69) is 56.2 Å². The van der Waals surface area contributed by atoms with Gasteiger partial charge in [0.1, 0.15) is 10.6 Å². The highest BCUT2D eigenvalue weighted by Gasteiger charge is 2.12. The second kappa shape index (κ2) is 5.76. The van der Waals surface area contributed by atoms with Crippen molar-refractivity contribution in [3.8, 4) is 0 Å². The molecule has 3 aromatic rings. The second-order valence-corrected chi connectivity index (χ2v) is 6.44. The Kier molecular flexibility index (Phi) is 3.84. The Bertz CT molecular complexity index is 690. The quantitative estimate of drug-likeness (QED) is 0.783. The summed E-state index contributed by atoms with van der Waals surface area (Å²) < 4.78 is 0. The molecule has 0 unspecified atom stereocenters. The minimum absolute atomic E-state index is 0.679. The number of rotatable bonds is 5. The molecule has 4 nitrogen and oxygen atoms in total. The van der Waals surface area contributed by atoms with Gasteiger partial charge in [-0.1, -0.05) is 6.07 Å². The van der Waals surface area contributed by atoms with Crippen molar-refractivity contribution in [3.05, 3.63) is 33.8 Å². The number of nitrogens with zero attached hydrogens (tertiary/aromatic N) is 3. The van der Waals surface area contributed by atoms with Crippen LogP contribution >= 0.6 is 22.7 Å². The van der Waals surface area contributed by atoms with E-state index in [1.54, 1.807) is 22.7 Å². The molecule has 0 amide bonds. The van der Waals surface area contributed by atoms with Crippen LogP contribution in [0.25, 0.3) is 10.2 Å². The molecule has 20 heavy (non-hydrogen) atoms. The maximum Gasteiger partial charge on any atom is 0.225 e. The molecule has 3 rings (SSSR count). The second-order valence-electron chi connectivity index (χ2n) is 4.51. The maximum atomic E-state index is 4.61. The summed E-state index contributed by atoms with van der Waals surface area (Å²) in [6, 6.07) is 6.37.